The average Bonchev–Trinajstić information content (AvgIpc) is 2.79. The van der Waals surface area contributed by atoms with Gasteiger partial charge in [0, 0.05) is 4.47 Å². The van der Waals surface area contributed by atoms with E-state index in [-0.39, 0.29) is 17.6 Å². The van der Waals surface area contributed by atoms with Gasteiger partial charge in [-0.15, -0.1) is 0 Å². The first-order chi connectivity index (χ1) is 9.52. The summed E-state index contributed by atoms with van der Waals surface area (Å²) in [6.07, 6.45) is 0.716. The van der Waals surface area contributed by atoms with Gasteiger partial charge in [0.05, 0.1) is 17.4 Å². The molecule has 1 aromatic carbocycles. The number of rotatable bonds is 4. The monoisotopic (exact) mass is 336 g/mol. The number of carbonyl (C=O) groups is 1. The predicted molar refractivity (Wildman–Crippen MR) is 82.4 cm³/mol. The second kappa shape index (κ2) is 6.09. The summed E-state index contributed by atoms with van der Waals surface area (Å²) in [6, 6.07) is 7.68. The fourth-order valence-corrected chi connectivity index (χ4v) is 2.37. The van der Waals surface area contributed by atoms with Gasteiger partial charge in [-0.3, -0.25) is 9.89 Å². The van der Waals surface area contributed by atoms with Crippen molar-refractivity contribution in [1.29, 1.82) is 0 Å². The van der Waals surface area contributed by atoms with Crippen LogP contribution in [0.3, 0.4) is 0 Å². The molecule has 0 saturated carbocycles. The third kappa shape index (κ3) is 3.01. The lowest BCUT2D eigenvalue weighted by Gasteiger charge is -2.14. The summed E-state index contributed by atoms with van der Waals surface area (Å²) >= 11 is 3.42. The Morgan fingerprint density at radius 3 is 2.90 bits per heavy atom. The number of aromatic nitrogens is 2. The Hall–Kier alpha value is -1.82. The average molecular weight is 337 g/mol. The summed E-state index contributed by atoms with van der Waals surface area (Å²) in [6.45, 7) is 3.87. The molecule has 1 atom stereocenters. The molecule has 0 saturated heterocycles. The van der Waals surface area contributed by atoms with E-state index in [1.807, 2.05) is 38.1 Å². The number of halogens is 1. The van der Waals surface area contributed by atoms with Crippen molar-refractivity contribution in [2.45, 2.75) is 26.3 Å². The highest BCUT2D eigenvalue weighted by atomic mass is 79.9. The number of carbonyl (C=O) groups excluding carboxylic acids is 1. The number of hydrogen-bond donors (Lipinski definition) is 3. The van der Waals surface area contributed by atoms with Crippen molar-refractivity contribution >= 4 is 27.5 Å². The quantitative estimate of drug-likeness (QED) is 0.802. The van der Waals surface area contributed by atoms with E-state index in [4.69, 9.17) is 5.73 Å². The van der Waals surface area contributed by atoms with Gasteiger partial charge in [-0.1, -0.05) is 35.0 Å². The van der Waals surface area contributed by atoms with Gasteiger partial charge in [-0.05, 0) is 31.0 Å². The van der Waals surface area contributed by atoms with Crippen LogP contribution >= 0.6 is 15.9 Å². The maximum Gasteiger partial charge on any atom is 0.274 e. The summed E-state index contributed by atoms with van der Waals surface area (Å²) < 4.78 is 0.976. The van der Waals surface area contributed by atoms with Crippen LogP contribution in [0.2, 0.25) is 0 Å². The molecule has 1 amide bonds. The van der Waals surface area contributed by atoms with Crippen molar-refractivity contribution < 1.29 is 4.79 Å². The Bertz CT molecular complexity index is 623. The standard InChI is InChI=1S/C14H17BrN4O/c1-3-11-12(16)13(19-18-11)14(20)17-8(2)9-5-4-6-10(15)7-9/h4-8H,3,16H2,1-2H3,(H,17,20)(H,18,19). The number of nitrogen functional groups attached to an aromatic ring is 1. The van der Waals surface area contributed by atoms with Crippen LogP contribution in [-0.2, 0) is 6.42 Å². The summed E-state index contributed by atoms with van der Waals surface area (Å²) in [7, 11) is 0. The fraction of sp³-hybridized carbons (Fsp3) is 0.286. The molecule has 0 spiro atoms. The highest BCUT2D eigenvalue weighted by Gasteiger charge is 2.18. The molecule has 20 heavy (non-hydrogen) atoms. The zero-order valence-corrected chi connectivity index (χ0v) is 13.0. The van der Waals surface area contributed by atoms with Gasteiger partial charge in [-0.2, -0.15) is 5.10 Å². The zero-order chi connectivity index (χ0) is 14.7. The highest BCUT2D eigenvalue weighted by molar-refractivity contribution is 9.10. The molecule has 1 heterocycles. The van der Waals surface area contributed by atoms with Crippen LogP contribution < -0.4 is 11.1 Å². The fourth-order valence-electron chi connectivity index (χ4n) is 1.95. The number of benzene rings is 1. The molecule has 5 nitrogen and oxygen atoms in total. The largest absolute Gasteiger partial charge is 0.395 e. The molecular formula is C14H17BrN4O. The van der Waals surface area contributed by atoms with Gasteiger partial charge in [-0.25, -0.2) is 0 Å². The van der Waals surface area contributed by atoms with Gasteiger partial charge >= 0.3 is 0 Å². The van der Waals surface area contributed by atoms with E-state index in [1.165, 1.54) is 0 Å². The normalized spacial score (nSPS) is 12.2. The lowest BCUT2D eigenvalue weighted by atomic mass is 10.1. The molecule has 0 fully saturated rings. The molecule has 2 aromatic rings. The van der Waals surface area contributed by atoms with E-state index in [1.54, 1.807) is 0 Å². The molecule has 4 N–H and O–H groups in total. The minimum Gasteiger partial charge on any atom is -0.395 e. The van der Waals surface area contributed by atoms with Gasteiger partial charge in [0.2, 0.25) is 0 Å². The third-order valence-electron chi connectivity index (χ3n) is 3.15. The van der Waals surface area contributed by atoms with E-state index in [9.17, 15) is 4.79 Å². The molecule has 2 rings (SSSR count). The number of nitrogens with zero attached hydrogens (tertiary/aromatic N) is 1. The second-order valence-electron chi connectivity index (χ2n) is 4.57. The Labute approximate surface area is 126 Å². The Kier molecular flexibility index (Phi) is 4.44. The summed E-state index contributed by atoms with van der Waals surface area (Å²) in [5.74, 6) is -0.272. The second-order valence-corrected chi connectivity index (χ2v) is 5.48. The zero-order valence-electron chi connectivity index (χ0n) is 11.4. The number of hydrogen-bond acceptors (Lipinski definition) is 3. The molecule has 1 aromatic heterocycles. The van der Waals surface area contributed by atoms with E-state index in [0.717, 1.165) is 15.7 Å². The van der Waals surface area contributed by atoms with E-state index in [0.29, 0.717) is 12.1 Å². The Morgan fingerprint density at radius 2 is 2.30 bits per heavy atom. The van der Waals surface area contributed by atoms with Crippen LogP contribution in [0.15, 0.2) is 28.7 Å². The number of nitrogens with one attached hydrogen (secondary N) is 2. The Balaban J connectivity index is 2.13. The van der Waals surface area contributed by atoms with E-state index >= 15 is 0 Å². The summed E-state index contributed by atoms with van der Waals surface area (Å²) in [5.41, 5.74) is 8.36. The van der Waals surface area contributed by atoms with Crippen molar-refractivity contribution in [2.24, 2.45) is 0 Å². The number of aromatic amines is 1. The number of anilines is 1. The first kappa shape index (κ1) is 14.6. The summed E-state index contributed by atoms with van der Waals surface area (Å²) in [5, 5.41) is 9.66. The van der Waals surface area contributed by atoms with Gasteiger partial charge in [0.1, 0.15) is 0 Å². The van der Waals surface area contributed by atoms with Crippen LogP contribution in [0.25, 0.3) is 0 Å². The van der Waals surface area contributed by atoms with Crippen molar-refractivity contribution in [1.82, 2.24) is 15.5 Å². The van der Waals surface area contributed by atoms with Crippen molar-refractivity contribution in [3.8, 4) is 0 Å². The van der Waals surface area contributed by atoms with Crippen LogP contribution in [0.4, 0.5) is 5.69 Å². The highest BCUT2D eigenvalue weighted by Crippen LogP contribution is 2.19. The molecule has 0 radical (unpaired) electrons. The lowest BCUT2D eigenvalue weighted by molar-refractivity contribution is 0.0935. The Morgan fingerprint density at radius 1 is 1.55 bits per heavy atom. The molecule has 1 unspecified atom stereocenters. The van der Waals surface area contributed by atoms with Crippen LogP contribution in [0.5, 0.6) is 0 Å². The first-order valence-electron chi connectivity index (χ1n) is 6.42. The molecule has 0 aliphatic heterocycles. The van der Waals surface area contributed by atoms with Crippen molar-refractivity contribution in [3.63, 3.8) is 0 Å². The molecule has 0 aliphatic carbocycles. The minimum absolute atomic E-state index is 0.124. The van der Waals surface area contributed by atoms with Crippen LogP contribution in [0, 0.1) is 0 Å². The maximum absolute atomic E-state index is 12.2. The maximum atomic E-state index is 12.2. The van der Waals surface area contributed by atoms with Crippen molar-refractivity contribution in [3.05, 3.63) is 45.7 Å². The van der Waals surface area contributed by atoms with Gasteiger partial charge in [0.25, 0.3) is 5.91 Å². The molecule has 6 heteroatoms. The number of nitrogens with two attached hydrogens (primary N) is 1. The third-order valence-corrected chi connectivity index (χ3v) is 3.64. The molecule has 0 bridgehead atoms. The first-order valence-corrected chi connectivity index (χ1v) is 7.21. The number of H-pyrrole nitrogens is 1. The van der Waals surface area contributed by atoms with Gasteiger partial charge in [0.15, 0.2) is 5.69 Å². The smallest absolute Gasteiger partial charge is 0.274 e. The van der Waals surface area contributed by atoms with Crippen LogP contribution in [0.1, 0.15) is 41.6 Å². The lowest BCUT2D eigenvalue weighted by Crippen LogP contribution is -2.27. The van der Waals surface area contributed by atoms with Crippen molar-refractivity contribution in [2.75, 3.05) is 5.73 Å². The SMILES string of the molecule is CCc1[nH]nc(C(=O)NC(C)c2cccc(Br)c2)c1N. The molecule has 0 aliphatic rings. The number of amides is 1. The van der Waals surface area contributed by atoms with Crippen LogP contribution in [-0.4, -0.2) is 16.1 Å². The topological polar surface area (TPSA) is 83.8 Å². The van der Waals surface area contributed by atoms with E-state index < -0.39 is 0 Å². The van der Waals surface area contributed by atoms with E-state index in [2.05, 4.69) is 31.4 Å². The number of aryl methyl sites for hydroxylation is 1. The molecular weight excluding hydrogens is 320 g/mol. The summed E-state index contributed by atoms with van der Waals surface area (Å²) in [4.78, 5) is 12.2. The predicted octanol–water partition coefficient (Wildman–Crippen LogP) is 2.81. The van der Waals surface area contributed by atoms with Gasteiger partial charge < -0.3 is 11.1 Å². The minimum atomic E-state index is -0.272. The molecule has 106 valence electrons.